The number of hydrogen-bond donors (Lipinski definition) is 1. The average molecular weight is 2140 g/mol. The van der Waals surface area contributed by atoms with Gasteiger partial charge >= 0.3 is 0 Å². The van der Waals surface area contributed by atoms with Gasteiger partial charge in [-0.2, -0.15) is 0 Å². The van der Waals surface area contributed by atoms with E-state index in [1.165, 1.54) is 46.2 Å². The van der Waals surface area contributed by atoms with Crippen LogP contribution in [0, 0.1) is 153 Å². The number of Topliss-reactive ketones (excluding diaryl/α,β-unsaturated/α-hetero) is 6. The van der Waals surface area contributed by atoms with Crippen molar-refractivity contribution in [3.63, 3.8) is 0 Å². The van der Waals surface area contributed by atoms with Crippen LogP contribution in [0.15, 0.2) is 146 Å². The van der Waals surface area contributed by atoms with E-state index in [4.69, 9.17) is 52.1 Å². The van der Waals surface area contributed by atoms with Crippen molar-refractivity contribution in [1.29, 1.82) is 0 Å². The van der Waals surface area contributed by atoms with Crippen LogP contribution < -0.4 is 14.2 Å². The summed E-state index contributed by atoms with van der Waals surface area (Å²) in [4.78, 5) is 70.2. The summed E-state index contributed by atoms with van der Waals surface area (Å²) in [6.45, 7) is 86.1. The van der Waals surface area contributed by atoms with Crippen LogP contribution in [0.3, 0.4) is 0 Å². The molecule has 0 bridgehead atoms. The third-order valence-electron chi connectivity index (χ3n) is 23.2. The van der Waals surface area contributed by atoms with Gasteiger partial charge in [-0.05, 0) is 188 Å². The zero-order valence-electron chi connectivity index (χ0n) is 97.8. The van der Waals surface area contributed by atoms with Crippen molar-refractivity contribution in [2.24, 2.45) is 54.1 Å². The van der Waals surface area contributed by atoms with Crippen LogP contribution in [0.2, 0.25) is 0 Å². The Kier molecular flexibility index (Phi) is 77.4. The molecule has 6 aromatic carbocycles. The maximum absolute atomic E-state index is 11.8. The van der Waals surface area contributed by atoms with E-state index < -0.39 is 0 Å². The van der Waals surface area contributed by atoms with Crippen molar-refractivity contribution in [3.05, 3.63) is 162 Å². The van der Waals surface area contributed by atoms with E-state index >= 15 is 0 Å². The number of benzene rings is 6. The molecular weight excluding hydrogens is 1930 g/mol. The molecule has 18 nitrogen and oxygen atoms in total. The van der Waals surface area contributed by atoms with Crippen molar-refractivity contribution in [2.75, 3.05) is 126 Å². The summed E-state index contributed by atoms with van der Waals surface area (Å²) in [5, 5.41) is 9.85. The molecule has 0 aliphatic carbocycles. The fraction of sp³-hybridized carbons (Fsp3) is 0.646. The number of ether oxygens (including phenoxy) is 11. The molecule has 0 saturated carbocycles. The molecule has 856 valence electrons. The second kappa shape index (κ2) is 75.1. The molecule has 20 heteroatoms. The second-order valence-corrected chi connectivity index (χ2v) is 51.2. The van der Waals surface area contributed by atoms with Gasteiger partial charge in [0, 0.05) is 154 Å². The molecule has 0 saturated heterocycles. The minimum absolute atomic E-state index is 0. The van der Waals surface area contributed by atoms with Gasteiger partial charge in [0.1, 0.15) is 83.3 Å². The Morgan fingerprint density at radius 2 is 0.480 bits per heavy atom. The maximum atomic E-state index is 11.8. The molecule has 0 aliphatic rings. The second-order valence-electron chi connectivity index (χ2n) is 51.2. The number of carbonyl (C=O) groups is 6. The van der Waals surface area contributed by atoms with Gasteiger partial charge in [0.25, 0.3) is 0 Å². The molecule has 0 spiro atoms. The molecule has 0 amide bonds. The summed E-state index contributed by atoms with van der Waals surface area (Å²) in [5.74, 6) is 14.4. The van der Waals surface area contributed by atoms with Gasteiger partial charge < -0.3 is 57.2 Å². The van der Waals surface area contributed by atoms with Crippen LogP contribution in [0.4, 0.5) is 0 Å². The van der Waals surface area contributed by atoms with Crippen LogP contribution in [0.1, 0.15) is 367 Å². The number of carbonyl (C=O) groups excluding carboxylic acids is 6. The molecule has 1 N–H and O–H groups in total. The van der Waals surface area contributed by atoms with Gasteiger partial charge in [-0.3, -0.25) is 28.8 Å². The normalized spacial score (nSPS) is 12.0. The van der Waals surface area contributed by atoms with Gasteiger partial charge in [0.15, 0.2) is 34.7 Å². The third kappa shape index (κ3) is 76.6. The number of hydrogen-bond acceptors (Lipinski definition) is 18. The Balaban J connectivity index is -0.000000414. The molecule has 0 radical (unpaired) electrons. The van der Waals surface area contributed by atoms with E-state index in [0.29, 0.717) is 89.9 Å². The minimum Gasteiger partial charge on any atom is -0.491 e. The van der Waals surface area contributed by atoms with Crippen LogP contribution in [-0.2, 0) is 82.9 Å². The van der Waals surface area contributed by atoms with Gasteiger partial charge in [-0.15, -0.1) is 0 Å². The summed E-state index contributed by atoms with van der Waals surface area (Å²) >= 11 is 0. The largest absolute Gasteiger partial charge is 0.491 e. The van der Waals surface area contributed by atoms with Crippen molar-refractivity contribution in [2.45, 2.75) is 373 Å². The molecule has 0 aliphatic heterocycles. The van der Waals surface area contributed by atoms with E-state index in [0.717, 1.165) is 79.1 Å². The number of aliphatic hydroxyl groups excluding tert-OH is 1. The topological polar surface area (TPSA) is 224 Å². The quantitative estimate of drug-likeness (QED) is 0.0277. The van der Waals surface area contributed by atoms with E-state index in [2.05, 4.69) is 271 Å². The minimum atomic E-state index is -0.359. The first kappa shape index (κ1) is 155. The average Bonchev–Trinajstić information content (AvgIpc) is 0.836. The number of ketones is 6. The molecule has 6 rings (SSSR count). The summed E-state index contributed by atoms with van der Waals surface area (Å²) < 4.78 is 60.4. The van der Waals surface area contributed by atoms with Crippen LogP contribution >= 0.6 is 0 Å². The van der Waals surface area contributed by atoms with Crippen molar-refractivity contribution in [3.8, 4) is 74.3 Å². The SMILES string of the molecule is C.C.C.C.CC(C)(C)C(=O)COCCOc1ccc(-c2ccc(C(C)(C)C)cc2)cc1.CC(C)(C)C(=O)COCCOc1ccc(-c2ccc(C(C)(C)C)cc2)cc1.CC(C)(C)C(=O)COCCOc1ccc(-c2ccc(C(C)(C)C)cc2)cc1.CC(C)(C)CC#CC#CCOCC(=O)C(C)(C)C.CC(C)(C)CCC(C)(C)CCOCCCOCC(=O)C(C)(C)C.CC(C)(C)CCC(O)CCOCCCOCC(=O)C(C)(C)C.[Ar].[Ar]. The van der Waals surface area contributed by atoms with Gasteiger partial charge in [0.05, 0.1) is 25.9 Å². The van der Waals surface area contributed by atoms with Gasteiger partial charge in [-0.25, -0.2) is 0 Å². The van der Waals surface area contributed by atoms with E-state index in [9.17, 15) is 33.9 Å². The van der Waals surface area contributed by atoms with Crippen LogP contribution in [-0.4, -0.2) is 171 Å². The first-order valence-electron chi connectivity index (χ1n) is 52.2. The van der Waals surface area contributed by atoms with Gasteiger partial charge in [-0.1, -0.05) is 414 Å². The van der Waals surface area contributed by atoms with Gasteiger partial charge in [0.2, 0.25) is 0 Å². The fourth-order valence-corrected chi connectivity index (χ4v) is 12.0. The van der Waals surface area contributed by atoms with Crippen LogP contribution in [0.25, 0.3) is 33.4 Å². The molecule has 0 heterocycles. The standard InChI is InChI=1S/3C24H32O3.C20H40O3.C18H36O4.C16H24O2.4CH4.2Ar/c3*1-23(2,3)20-11-7-18(8-12-20)19-9-13-21(14-10-19)27-16-15-26-17-22(25)24(4,5)6;1-18(2,3)10-11-20(7,8)12-15-22-13-9-14-23-16-17(21)19(4,5)6;1-17(2,3)10-8-15(19)9-13-21-11-7-12-22-14-16(20)18(4,5)6;1-15(2,3)11-9-7-8-10-12-18-13-14(17)16(4,5)6;;;;;;/h3*7-14H,15-17H2,1-6H3;9-16H2,1-8H3;15,19H,7-14H2,1-6H3;11-13H2,1-6H3;4*1H4;;. The molecular formula is C130H212Ar2O18. The zero-order valence-corrected chi connectivity index (χ0v) is 99.2. The summed E-state index contributed by atoms with van der Waals surface area (Å²) in [5.41, 5.74) is 10.7. The summed E-state index contributed by atoms with van der Waals surface area (Å²) in [6.07, 6.45) is 8.26. The molecule has 1 atom stereocenters. The Morgan fingerprint density at radius 3 is 0.727 bits per heavy atom. The van der Waals surface area contributed by atoms with Crippen molar-refractivity contribution >= 4 is 34.7 Å². The monoisotopic (exact) mass is 2140 g/mol. The van der Waals surface area contributed by atoms with Crippen molar-refractivity contribution in [1.82, 2.24) is 0 Å². The maximum Gasteiger partial charge on any atom is 0.163 e. The molecule has 150 heavy (non-hydrogen) atoms. The number of aliphatic hydroxyl groups is 1. The zero-order chi connectivity index (χ0) is 110. The van der Waals surface area contributed by atoms with Crippen LogP contribution in [0.5, 0.6) is 17.2 Å². The molecule has 0 aromatic heterocycles. The molecule has 6 aromatic rings. The smallest absolute Gasteiger partial charge is 0.163 e. The Hall–Kier alpha value is -5.98. The van der Waals surface area contributed by atoms with E-state index in [1.807, 2.05) is 161 Å². The predicted molar refractivity (Wildman–Crippen MR) is 624 cm³/mol. The third-order valence-corrected chi connectivity index (χ3v) is 23.2. The Labute approximate surface area is 976 Å². The number of rotatable bonds is 46. The van der Waals surface area contributed by atoms with E-state index in [1.54, 1.807) is 0 Å². The summed E-state index contributed by atoms with van der Waals surface area (Å²) in [7, 11) is 0. The molecule has 1 unspecified atom stereocenters. The van der Waals surface area contributed by atoms with Crippen molar-refractivity contribution < 1.29 is 161 Å². The fourth-order valence-electron chi connectivity index (χ4n) is 12.0. The Morgan fingerprint density at radius 1 is 0.247 bits per heavy atom. The van der Waals surface area contributed by atoms with E-state index in [-0.39, 0.29) is 252 Å². The predicted octanol–water partition coefficient (Wildman–Crippen LogP) is 31.5. The Bertz CT molecular complexity index is 4430. The molecule has 0 fully saturated rings. The first-order chi connectivity index (χ1) is 66.2. The first-order valence-corrected chi connectivity index (χ1v) is 52.2. The summed E-state index contributed by atoms with van der Waals surface area (Å²) in [6, 6.07) is 50.3.